The number of rotatable bonds is 8. The van der Waals surface area contributed by atoms with E-state index in [0.717, 1.165) is 75.5 Å². The number of amides is 1. The minimum absolute atomic E-state index is 0.00633. The molecule has 4 N–H and O–H groups in total. The SMILES string of the molecule is COc1cc(C(=O)N2C[C@H]3CC[C@@H]2[C@@H]3N)cc2nc(-c3cc4ccc(Nc5ccc6c(c5)nc(CO)n6C)nc4n3CC3CC3)n(C)c12. The van der Waals surface area contributed by atoms with Crippen molar-refractivity contribution in [1.29, 1.82) is 0 Å². The Kier molecular flexibility index (Phi) is 6.57. The number of benzene rings is 2. The van der Waals surface area contributed by atoms with Crippen LogP contribution in [0, 0.1) is 11.8 Å². The fraction of sp³-hybridized carbons (Fsp3) is 0.389. The molecule has 0 unspecified atom stereocenters. The summed E-state index contributed by atoms with van der Waals surface area (Å²) in [5, 5.41) is 14.1. The largest absolute Gasteiger partial charge is 0.494 e. The number of piperidine rings is 1. The van der Waals surface area contributed by atoms with Gasteiger partial charge in [-0.1, -0.05) is 0 Å². The number of pyridine rings is 1. The minimum atomic E-state index is -0.112. The molecule has 1 amide bonds. The van der Waals surface area contributed by atoms with Crippen LogP contribution in [0.1, 0.15) is 41.9 Å². The first-order valence-electron chi connectivity index (χ1n) is 16.8. The van der Waals surface area contributed by atoms with Gasteiger partial charge in [-0.05, 0) is 86.1 Å². The highest BCUT2D eigenvalue weighted by Gasteiger charge is 2.47. The average molecular weight is 646 g/mol. The molecule has 1 saturated heterocycles. The Labute approximate surface area is 277 Å². The third kappa shape index (κ3) is 4.50. The first-order chi connectivity index (χ1) is 23.3. The van der Waals surface area contributed by atoms with Gasteiger partial charge in [0.2, 0.25) is 0 Å². The van der Waals surface area contributed by atoms with Crippen LogP contribution in [0.3, 0.4) is 0 Å². The number of carbonyl (C=O) groups excluding carboxylic acids is 1. The zero-order chi connectivity index (χ0) is 32.8. The number of aryl methyl sites for hydroxylation is 2. The summed E-state index contributed by atoms with van der Waals surface area (Å²) >= 11 is 0. The third-order valence-electron chi connectivity index (χ3n) is 10.8. The summed E-state index contributed by atoms with van der Waals surface area (Å²) in [6, 6.07) is 16.1. The van der Waals surface area contributed by atoms with Crippen LogP contribution in [0.2, 0.25) is 0 Å². The molecule has 12 nitrogen and oxygen atoms in total. The van der Waals surface area contributed by atoms with Crippen LogP contribution in [0.25, 0.3) is 44.6 Å². The molecule has 0 spiro atoms. The number of fused-ring (bicyclic) bond motifs is 5. The predicted octanol–water partition coefficient (Wildman–Crippen LogP) is 4.69. The Hall–Kier alpha value is -4.94. The summed E-state index contributed by atoms with van der Waals surface area (Å²) in [5.74, 6) is 3.74. The van der Waals surface area contributed by atoms with Crippen LogP contribution in [0.5, 0.6) is 5.75 Å². The van der Waals surface area contributed by atoms with Crippen molar-refractivity contribution in [3.63, 3.8) is 0 Å². The Morgan fingerprint density at radius 1 is 1.00 bits per heavy atom. The normalized spacial score (nSPS) is 20.5. The lowest BCUT2D eigenvalue weighted by Gasteiger charge is -2.27. The highest BCUT2D eigenvalue weighted by molar-refractivity contribution is 6.00. The molecule has 2 aliphatic carbocycles. The number of methoxy groups -OCH3 is 1. The van der Waals surface area contributed by atoms with Gasteiger partial charge >= 0.3 is 0 Å². The molecule has 6 aromatic rings. The van der Waals surface area contributed by atoms with E-state index < -0.39 is 0 Å². The van der Waals surface area contributed by atoms with E-state index in [9.17, 15) is 9.90 Å². The van der Waals surface area contributed by atoms with Crippen LogP contribution < -0.4 is 15.8 Å². The lowest BCUT2D eigenvalue weighted by atomic mass is 10.1. The molecule has 3 aliphatic rings. The first-order valence-corrected chi connectivity index (χ1v) is 16.8. The van der Waals surface area contributed by atoms with Crippen molar-refractivity contribution in [2.24, 2.45) is 31.7 Å². The Bertz CT molecular complexity index is 2260. The minimum Gasteiger partial charge on any atom is -0.494 e. The molecule has 2 saturated carbocycles. The average Bonchev–Trinajstić information content (AvgIpc) is 3.29. The summed E-state index contributed by atoms with van der Waals surface area (Å²) in [5.41, 5.74) is 13.1. The van der Waals surface area contributed by atoms with Gasteiger partial charge in [0.05, 0.1) is 29.4 Å². The maximum Gasteiger partial charge on any atom is 0.254 e. The number of carbonyl (C=O) groups is 1. The molecule has 2 bridgehead atoms. The highest BCUT2D eigenvalue weighted by atomic mass is 16.5. The van der Waals surface area contributed by atoms with Crippen LogP contribution in [0.4, 0.5) is 11.5 Å². The van der Waals surface area contributed by atoms with E-state index in [1.54, 1.807) is 7.11 Å². The number of hydrogen-bond donors (Lipinski definition) is 3. The molecule has 12 heteroatoms. The second kappa shape index (κ2) is 10.8. The van der Waals surface area contributed by atoms with Gasteiger partial charge in [0.25, 0.3) is 5.91 Å². The number of nitrogens with one attached hydrogen (secondary N) is 1. The first kappa shape index (κ1) is 29.2. The predicted molar refractivity (Wildman–Crippen MR) is 184 cm³/mol. The van der Waals surface area contributed by atoms with Gasteiger partial charge in [0.1, 0.15) is 35.2 Å². The van der Waals surface area contributed by atoms with Gasteiger partial charge in [-0.15, -0.1) is 0 Å². The molecular weight excluding hydrogens is 606 g/mol. The van der Waals surface area contributed by atoms with Crippen molar-refractivity contribution in [2.45, 2.75) is 50.9 Å². The zero-order valence-electron chi connectivity index (χ0n) is 27.3. The van der Waals surface area contributed by atoms with Crippen LogP contribution in [0.15, 0.2) is 48.5 Å². The maximum absolute atomic E-state index is 13.8. The smallest absolute Gasteiger partial charge is 0.254 e. The van der Waals surface area contributed by atoms with E-state index in [-0.39, 0.29) is 24.6 Å². The van der Waals surface area contributed by atoms with Gasteiger partial charge in [-0.25, -0.2) is 15.0 Å². The number of imidazole rings is 2. The molecule has 9 rings (SSSR count). The lowest BCUT2D eigenvalue weighted by Crippen LogP contribution is -2.41. The number of hydrogen-bond acceptors (Lipinski definition) is 8. The van der Waals surface area contributed by atoms with Gasteiger partial charge < -0.3 is 39.5 Å². The van der Waals surface area contributed by atoms with E-state index in [2.05, 4.69) is 31.6 Å². The van der Waals surface area contributed by atoms with Crippen molar-refractivity contribution in [2.75, 3.05) is 19.0 Å². The van der Waals surface area contributed by atoms with E-state index in [4.69, 9.17) is 20.4 Å². The third-order valence-corrected chi connectivity index (χ3v) is 10.8. The number of aliphatic hydroxyl groups excluding tert-OH is 1. The maximum atomic E-state index is 13.8. The van der Waals surface area contributed by atoms with E-state index in [1.165, 1.54) is 12.8 Å². The molecule has 0 radical (unpaired) electrons. The molecule has 48 heavy (non-hydrogen) atoms. The van der Waals surface area contributed by atoms with Gasteiger partial charge in [-0.3, -0.25) is 4.79 Å². The fourth-order valence-corrected chi connectivity index (χ4v) is 8.01. The molecule has 1 aliphatic heterocycles. The van der Waals surface area contributed by atoms with Crippen molar-refractivity contribution in [1.82, 2.24) is 33.6 Å². The molecule has 3 fully saturated rings. The fourth-order valence-electron chi connectivity index (χ4n) is 8.01. The van der Waals surface area contributed by atoms with E-state index >= 15 is 0 Å². The number of anilines is 2. The zero-order valence-corrected chi connectivity index (χ0v) is 27.3. The van der Waals surface area contributed by atoms with Crippen molar-refractivity contribution in [3.8, 4) is 17.3 Å². The van der Waals surface area contributed by atoms with Gasteiger partial charge in [0, 0.05) is 55.9 Å². The van der Waals surface area contributed by atoms with Crippen LogP contribution in [-0.4, -0.2) is 70.3 Å². The quantitative estimate of drug-likeness (QED) is 0.217. The van der Waals surface area contributed by atoms with Crippen LogP contribution in [-0.2, 0) is 27.2 Å². The molecular formula is C36H39N9O3. The Morgan fingerprint density at radius 3 is 2.58 bits per heavy atom. The van der Waals surface area contributed by atoms with Gasteiger partial charge in [-0.2, -0.15) is 0 Å². The Morgan fingerprint density at radius 2 is 1.85 bits per heavy atom. The second-order valence-corrected chi connectivity index (χ2v) is 13.7. The monoisotopic (exact) mass is 645 g/mol. The summed E-state index contributed by atoms with van der Waals surface area (Å²) in [7, 11) is 5.55. The van der Waals surface area contributed by atoms with Crippen molar-refractivity contribution >= 4 is 50.5 Å². The van der Waals surface area contributed by atoms with E-state index in [0.29, 0.717) is 35.5 Å². The number of nitrogens with zero attached hydrogens (tertiary/aromatic N) is 7. The lowest BCUT2D eigenvalue weighted by molar-refractivity contribution is 0.0700. The standard InChI is InChI=1S/C36H39N9O3/c1-42-26-10-8-23(15-24(26)39-31(42)18-46)38-30-11-7-20-13-28(44(34(20)41-30)16-19-4-5-19)35-40-25-12-22(14-29(48-3)33(25)43(35)2)36(47)45-17-21-6-9-27(45)32(21)37/h7-8,10-15,19,21,27,32,46H,4-6,9,16-18,37H2,1-3H3,(H,38,41)/t21-,27-,32-/m1/s1. The molecule has 4 aromatic heterocycles. The summed E-state index contributed by atoms with van der Waals surface area (Å²) in [6.07, 6.45) is 4.45. The summed E-state index contributed by atoms with van der Waals surface area (Å²) in [4.78, 5) is 30.5. The topological polar surface area (TPSA) is 141 Å². The number of likely N-dealkylation sites (tertiary alicyclic amines) is 1. The summed E-state index contributed by atoms with van der Waals surface area (Å²) < 4.78 is 12.1. The highest BCUT2D eigenvalue weighted by Crippen LogP contribution is 2.40. The molecule has 5 heterocycles. The number of ether oxygens (including phenoxy) is 1. The number of aromatic nitrogens is 6. The molecule has 2 aromatic carbocycles. The van der Waals surface area contributed by atoms with Crippen molar-refractivity contribution < 1.29 is 14.6 Å². The van der Waals surface area contributed by atoms with Crippen LogP contribution >= 0.6 is 0 Å². The number of nitrogens with two attached hydrogens (primary N) is 1. The van der Waals surface area contributed by atoms with Crippen molar-refractivity contribution in [3.05, 3.63) is 59.9 Å². The second-order valence-electron chi connectivity index (χ2n) is 13.7. The Balaban J connectivity index is 1.10. The molecule has 246 valence electrons. The number of aliphatic hydroxyl groups is 1. The van der Waals surface area contributed by atoms with E-state index in [1.807, 2.05) is 60.0 Å². The molecule has 3 atom stereocenters. The summed E-state index contributed by atoms with van der Waals surface area (Å²) in [6.45, 7) is 1.45. The van der Waals surface area contributed by atoms with Gasteiger partial charge in [0.15, 0.2) is 5.82 Å².